The van der Waals surface area contributed by atoms with Crippen LogP contribution in [0.4, 0.5) is 11.6 Å². The summed E-state index contributed by atoms with van der Waals surface area (Å²) in [7, 11) is 0. The van der Waals surface area contributed by atoms with Crippen molar-refractivity contribution in [3.63, 3.8) is 0 Å². The van der Waals surface area contributed by atoms with Gasteiger partial charge in [-0.3, -0.25) is 14.6 Å². The predicted molar refractivity (Wildman–Crippen MR) is 124 cm³/mol. The van der Waals surface area contributed by atoms with Gasteiger partial charge in [-0.1, -0.05) is 23.7 Å². The molecule has 0 saturated carbocycles. The van der Waals surface area contributed by atoms with Gasteiger partial charge in [0.15, 0.2) is 5.65 Å². The summed E-state index contributed by atoms with van der Waals surface area (Å²) in [5.74, 6) is 0.573. The molecule has 4 aromatic rings. The minimum Gasteiger partial charge on any atom is -0.494 e. The van der Waals surface area contributed by atoms with Gasteiger partial charge in [0, 0.05) is 5.69 Å². The van der Waals surface area contributed by atoms with Crippen molar-refractivity contribution in [3.8, 4) is 11.4 Å². The smallest absolute Gasteiger partial charge is 0.263 e. The maximum absolute atomic E-state index is 12.6. The van der Waals surface area contributed by atoms with E-state index in [1.54, 1.807) is 49.4 Å². The van der Waals surface area contributed by atoms with E-state index in [4.69, 9.17) is 16.3 Å². The summed E-state index contributed by atoms with van der Waals surface area (Å²) in [4.78, 5) is 32.2. The summed E-state index contributed by atoms with van der Waals surface area (Å²) < 4.78 is 6.89. The van der Waals surface area contributed by atoms with E-state index >= 15 is 0 Å². The zero-order valence-electron chi connectivity index (χ0n) is 17.4. The molecule has 0 bridgehead atoms. The molecular weight excluding hydrogens is 432 g/mol. The zero-order valence-corrected chi connectivity index (χ0v) is 18.2. The third kappa shape index (κ3) is 4.42. The summed E-state index contributed by atoms with van der Waals surface area (Å²) in [6.45, 7) is 4.14. The highest BCUT2D eigenvalue weighted by Crippen LogP contribution is 2.22. The third-order valence-corrected chi connectivity index (χ3v) is 5.02. The normalized spacial score (nSPS) is 11.8. The van der Waals surface area contributed by atoms with Crippen LogP contribution in [-0.4, -0.2) is 38.3 Å². The van der Waals surface area contributed by atoms with E-state index in [1.807, 2.05) is 13.0 Å². The van der Waals surface area contributed by atoms with Gasteiger partial charge in [0.1, 0.15) is 17.2 Å². The largest absolute Gasteiger partial charge is 0.494 e. The maximum atomic E-state index is 12.6. The number of hydrogen-bond donors (Lipinski definition) is 3. The lowest BCUT2D eigenvalue weighted by molar-refractivity contribution is -0.116. The lowest BCUT2D eigenvalue weighted by Gasteiger charge is -2.15. The number of anilines is 2. The van der Waals surface area contributed by atoms with Crippen LogP contribution in [0.15, 0.2) is 59.5 Å². The number of halogens is 1. The van der Waals surface area contributed by atoms with E-state index in [0.717, 1.165) is 5.75 Å². The molecule has 9 nitrogen and oxygen atoms in total. The molecule has 0 fully saturated rings. The second-order valence-corrected chi connectivity index (χ2v) is 7.38. The molecule has 32 heavy (non-hydrogen) atoms. The third-order valence-electron chi connectivity index (χ3n) is 4.70. The summed E-state index contributed by atoms with van der Waals surface area (Å²) in [6, 6.07) is 13.5. The fourth-order valence-electron chi connectivity index (χ4n) is 3.11. The molecule has 164 valence electrons. The molecule has 10 heteroatoms. The van der Waals surface area contributed by atoms with Crippen LogP contribution in [0.25, 0.3) is 16.7 Å². The molecule has 4 rings (SSSR count). The van der Waals surface area contributed by atoms with Gasteiger partial charge in [-0.05, 0) is 50.2 Å². The quantitative estimate of drug-likeness (QED) is 0.395. The Labute approximate surface area is 188 Å². The van der Waals surface area contributed by atoms with E-state index in [1.165, 1.54) is 10.9 Å². The Bertz CT molecular complexity index is 1320. The van der Waals surface area contributed by atoms with Crippen molar-refractivity contribution < 1.29 is 9.53 Å². The SMILES string of the molecule is CCOc1ccc(NC(=O)C(C)Nc2nc3c(cnn3-c3ccccc3Cl)c(=O)[nH]2)cc1. The highest BCUT2D eigenvalue weighted by Gasteiger charge is 2.17. The fourth-order valence-corrected chi connectivity index (χ4v) is 3.32. The molecule has 0 aliphatic carbocycles. The molecule has 2 aromatic carbocycles. The van der Waals surface area contributed by atoms with Gasteiger partial charge < -0.3 is 15.4 Å². The number of benzene rings is 2. The molecule has 0 aliphatic heterocycles. The minimum atomic E-state index is -0.682. The molecule has 1 unspecified atom stereocenters. The van der Waals surface area contributed by atoms with Gasteiger partial charge in [-0.2, -0.15) is 10.1 Å². The van der Waals surface area contributed by atoms with Crippen molar-refractivity contribution in [1.29, 1.82) is 0 Å². The van der Waals surface area contributed by atoms with Crippen molar-refractivity contribution >= 4 is 40.2 Å². The minimum absolute atomic E-state index is 0.144. The Kier molecular flexibility index (Phi) is 6.09. The van der Waals surface area contributed by atoms with Crippen LogP contribution >= 0.6 is 11.6 Å². The Hall–Kier alpha value is -3.85. The average molecular weight is 453 g/mol. The number of aromatic nitrogens is 4. The predicted octanol–water partition coefficient (Wildman–Crippen LogP) is 3.60. The van der Waals surface area contributed by atoms with Crippen LogP contribution in [0, 0.1) is 0 Å². The van der Waals surface area contributed by atoms with Gasteiger partial charge in [0.25, 0.3) is 5.56 Å². The van der Waals surface area contributed by atoms with Crippen molar-refractivity contribution in [3.05, 3.63) is 70.1 Å². The van der Waals surface area contributed by atoms with Crippen molar-refractivity contribution in [2.75, 3.05) is 17.2 Å². The number of carbonyl (C=O) groups excluding carboxylic acids is 1. The summed E-state index contributed by atoms with van der Waals surface area (Å²) in [5.41, 5.74) is 1.16. The average Bonchev–Trinajstić information content (AvgIpc) is 3.20. The lowest BCUT2D eigenvalue weighted by Crippen LogP contribution is -2.33. The molecular formula is C22H21ClN6O3. The number of nitrogens with zero attached hydrogens (tertiary/aromatic N) is 3. The number of amides is 1. The Morgan fingerprint density at radius 3 is 2.69 bits per heavy atom. The Morgan fingerprint density at radius 1 is 1.22 bits per heavy atom. The monoisotopic (exact) mass is 452 g/mol. The van der Waals surface area contributed by atoms with Crippen LogP contribution in [0.5, 0.6) is 5.75 Å². The first-order chi connectivity index (χ1) is 15.5. The van der Waals surface area contributed by atoms with Crippen LogP contribution in [0.3, 0.4) is 0 Å². The van der Waals surface area contributed by atoms with Gasteiger partial charge >= 0.3 is 0 Å². The molecule has 2 aromatic heterocycles. The number of para-hydroxylation sites is 1. The van der Waals surface area contributed by atoms with Crippen molar-refractivity contribution in [2.24, 2.45) is 0 Å². The van der Waals surface area contributed by atoms with E-state index in [0.29, 0.717) is 34.0 Å². The zero-order chi connectivity index (χ0) is 22.7. The fraction of sp³-hybridized carbons (Fsp3) is 0.182. The number of hydrogen-bond acceptors (Lipinski definition) is 6. The second-order valence-electron chi connectivity index (χ2n) is 6.97. The first kappa shape index (κ1) is 21.4. The van der Waals surface area contributed by atoms with E-state index < -0.39 is 6.04 Å². The molecule has 1 atom stereocenters. The van der Waals surface area contributed by atoms with E-state index in [-0.39, 0.29) is 17.4 Å². The molecule has 0 spiro atoms. The van der Waals surface area contributed by atoms with Crippen molar-refractivity contribution in [1.82, 2.24) is 19.7 Å². The van der Waals surface area contributed by atoms with Crippen LogP contribution in [0.1, 0.15) is 13.8 Å². The van der Waals surface area contributed by atoms with Crippen LogP contribution in [-0.2, 0) is 4.79 Å². The number of aromatic amines is 1. The highest BCUT2D eigenvalue weighted by molar-refractivity contribution is 6.32. The maximum Gasteiger partial charge on any atom is 0.263 e. The number of ether oxygens (including phenoxy) is 1. The molecule has 0 radical (unpaired) electrons. The first-order valence-electron chi connectivity index (χ1n) is 9.99. The topological polar surface area (TPSA) is 114 Å². The first-order valence-corrected chi connectivity index (χ1v) is 10.4. The van der Waals surface area contributed by atoms with Crippen LogP contribution in [0.2, 0.25) is 5.02 Å². The number of H-pyrrole nitrogens is 1. The Balaban J connectivity index is 1.54. The number of carbonyl (C=O) groups is 1. The van der Waals surface area contributed by atoms with Gasteiger partial charge in [0.05, 0.1) is 23.5 Å². The van der Waals surface area contributed by atoms with Gasteiger partial charge in [-0.15, -0.1) is 0 Å². The second kappa shape index (κ2) is 9.11. The number of nitrogens with one attached hydrogen (secondary N) is 3. The van der Waals surface area contributed by atoms with E-state index in [2.05, 4.69) is 25.7 Å². The standard InChI is InChI=1S/C22H21ClN6O3/c1-3-32-15-10-8-14(9-11-15)26-20(30)13(2)25-22-27-19-16(21(31)28-22)12-24-29(19)18-7-5-4-6-17(18)23/h4-13H,3H2,1-2H3,(H,26,30)(H2,25,27,28,31). The molecule has 3 N–H and O–H groups in total. The van der Waals surface area contributed by atoms with Gasteiger partial charge in [0.2, 0.25) is 11.9 Å². The lowest BCUT2D eigenvalue weighted by atomic mass is 10.2. The summed E-state index contributed by atoms with van der Waals surface area (Å²) in [6.07, 6.45) is 1.43. The van der Waals surface area contributed by atoms with Crippen LogP contribution < -0.4 is 20.9 Å². The summed E-state index contributed by atoms with van der Waals surface area (Å²) in [5, 5.41) is 10.8. The molecule has 0 saturated heterocycles. The summed E-state index contributed by atoms with van der Waals surface area (Å²) >= 11 is 6.27. The highest BCUT2D eigenvalue weighted by atomic mass is 35.5. The number of fused-ring (bicyclic) bond motifs is 1. The van der Waals surface area contributed by atoms with Gasteiger partial charge in [-0.25, -0.2) is 4.68 Å². The molecule has 0 aliphatic rings. The van der Waals surface area contributed by atoms with E-state index in [9.17, 15) is 9.59 Å². The van der Waals surface area contributed by atoms with Crippen molar-refractivity contribution in [2.45, 2.75) is 19.9 Å². The molecule has 1 amide bonds. The number of rotatable bonds is 7. The Morgan fingerprint density at radius 2 is 1.97 bits per heavy atom. The molecule has 2 heterocycles.